The van der Waals surface area contributed by atoms with Crippen LogP contribution in [0, 0.1) is 6.92 Å². The topological polar surface area (TPSA) is 51.0 Å². The van der Waals surface area contributed by atoms with Gasteiger partial charge in [-0.3, -0.25) is 0 Å². The van der Waals surface area contributed by atoms with Crippen molar-refractivity contribution in [2.45, 2.75) is 32.2 Å². The zero-order valence-electron chi connectivity index (χ0n) is 11.9. The smallest absolute Gasteiger partial charge is 0.183 e. The van der Waals surface area contributed by atoms with Crippen molar-refractivity contribution >= 4 is 22.3 Å². The van der Waals surface area contributed by atoms with E-state index in [1.165, 1.54) is 18.4 Å². The molecule has 108 valence electrons. The summed E-state index contributed by atoms with van der Waals surface area (Å²) in [5, 5.41) is 15.1. The standard InChI is InChI=1S/C16H17N3OS/c1-10-2-5-13-11(8-10)9-14(20-13)16-19-18-15(21-16)6-7-17-12-3-4-12/h2,5,8-9,12,17H,3-4,6-7H2,1H3. The Bertz CT molecular complexity index is 773. The average Bonchev–Trinajstić information content (AvgIpc) is 3.00. The number of hydrogen-bond donors (Lipinski definition) is 1. The maximum Gasteiger partial charge on any atom is 0.183 e. The molecule has 1 fully saturated rings. The number of nitrogens with one attached hydrogen (secondary N) is 1. The van der Waals surface area contributed by atoms with Crippen molar-refractivity contribution in [3.8, 4) is 10.8 Å². The van der Waals surface area contributed by atoms with Crippen molar-refractivity contribution in [3.63, 3.8) is 0 Å². The van der Waals surface area contributed by atoms with Gasteiger partial charge in [-0.15, -0.1) is 10.2 Å². The molecule has 0 atom stereocenters. The molecule has 0 unspecified atom stereocenters. The van der Waals surface area contributed by atoms with Crippen molar-refractivity contribution in [1.29, 1.82) is 0 Å². The molecule has 1 aliphatic rings. The molecule has 1 N–H and O–H groups in total. The molecule has 2 aromatic heterocycles. The molecule has 1 saturated carbocycles. The van der Waals surface area contributed by atoms with Gasteiger partial charge in [-0.25, -0.2) is 0 Å². The number of rotatable bonds is 5. The minimum atomic E-state index is 0.746. The molecule has 1 aliphatic carbocycles. The van der Waals surface area contributed by atoms with Gasteiger partial charge in [-0.1, -0.05) is 23.0 Å². The summed E-state index contributed by atoms with van der Waals surface area (Å²) >= 11 is 1.62. The van der Waals surface area contributed by atoms with Gasteiger partial charge in [-0.05, 0) is 38.0 Å². The van der Waals surface area contributed by atoms with Gasteiger partial charge >= 0.3 is 0 Å². The maximum absolute atomic E-state index is 5.87. The molecule has 4 nitrogen and oxygen atoms in total. The summed E-state index contributed by atoms with van der Waals surface area (Å²) in [4.78, 5) is 0. The first-order chi connectivity index (χ1) is 10.3. The highest BCUT2D eigenvalue weighted by Crippen LogP contribution is 2.30. The number of nitrogens with zero attached hydrogens (tertiary/aromatic N) is 2. The summed E-state index contributed by atoms with van der Waals surface area (Å²) in [6.07, 6.45) is 3.58. The van der Waals surface area contributed by atoms with Crippen LogP contribution in [0.4, 0.5) is 0 Å². The molecule has 21 heavy (non-hydrogen) atoms. The second-order valence-corrected chi connectivity index (χ2v) is 6.69. The minimum Gasteiger partial charge on any atom is -0.453 e. The van der Waals surface area contributed by atoms with E-state index >= 15 is 0 Å². The van der Waals surface area contributed by atoms with E-state index in [4.69, 9.17) is 4.42 Å². The van der Waals surface area contributed by atoms with E-state index in [-0.39, 0.29) is 0 Å². The summed E-state index contributed by atoms with van der Waals surface area (Å²) in [6, 6.07) is 9.00. The van der Waals surface area contributed by atoms with Gasteiger partial charge in [0.05, 0.1) is 0 Å². The normalized spacial score (nSPS) is 14.9. The van der Waals surface area contributed by atoms with Gasteiger partial charge in [0.2, 0.25) is 0 Å². The summed E-state index contributed by atoms with van der Waals surface area (Å²) < 4.78 is 5.87. The van der Waals surface area contributed by atoms with E-state index in [9.17, 15) is 0 Å². The van der Waals surface area contributed by atoms with E-state index in [0.717, 1.165) is 45.8 Å². The first kappa shape index (κ1) is 13.0. The van der Waals surface area contributed by atoms with Crippen LogP contribution in [0.25, 0.3) is 21.7 Å². The van der Waals surface area contributed by atoms with Crippen LogP contribution < -0.4 is 5.32 Å². The highest BCUT2D eigenvalue weighted by Gasteiger charge is 2.20. The maximum atomic E-state index is 5.87. The second-order valence-electron chi connectivity index (χ2n) is 5.63. The summed E-state index contributed by atoms with van der Waals surface area (Å²) in [5.74, 6) is 0.814. The Balaban J connectivity index is 1.52. The SMILES string of the molecule is Cc1ccc2oc(-c3nnc(CCNC4CC4)s3)cc2c1. The Morgan fingerprint density at radius 3 is 3.05 bits per heavy atom. The van der Waals surface area contributed by atoms with E-state index in [0.29, 0.717) is 0 Å². The third-order valence-corrected chi connectivity index (χ3v) is 4.70. The zero-order chi connectivity index (χ0) is 14.2. The lowest BCUT2D eigenvalue weighted by atomic mass is 10.2. The second kappa shape index (κ2) is 5.24. The number of fused-ring (bicyclic) bond motifs is 1. The van der Waals surface area contributed by atoms with Gasteiger partial charge < -0.3 is 9.73 Å². The Morgan fingerprint density at radius 2 is 2.19 bits per heavy atom. The van der Waals surface area contributed by atoms with Crippen LogP contribution in [0.15, 0.2) is 28.7 Å². The molecule has 0 spiro atoms. The highest BCUT2D eigenvalue weighted by molar-refractivity contribution is 7.14. The van der Waals surface area contributed by atoms with Crippen molar-refractivity contribution in [2.24, 2.45) is 0 Å². The Kier molecular flexibility index (Phi) is 3.24. The molecule has 1 aromatic carbocycles. The van der Waals surface area contributed by atoms with E-state index < -0.39 is 0 Å². The molecule has 0 aliphatic heterocycles. The molecular weight excluding hydrogens is 282 g/mol. The number of aromatic nitrogens is 2. The lowest BCUT2D eigenvalue weighted by Gasteiger charge is -1.97. The van der Waals surface area contributed by atoms with Crippen LogP contribution >= 0.6 is 11.3 Å². The first-order valence-electron chi connectivity index (χ1n) is 7.34. The van der Waals surface area contributed by atoms with Gasteiger partial charge in [0, 0.05) is 24.4 Å². The monoisotopic (exact) mass is 299 g/mol. The van der Waals surface area contributed by atoms with E-state index in [1.807, 2.05) is 6.07 Å². The molecular formula is C16H17N3OS. The molecule has 0 bridgehead atoms. The van der Waals surface area contributed by atoms with Crippen molar-refractivity contribution < 1.29 is 4.42 Å². The van der Waals surface area contributed by atoms with E-state index in [2.05, 4.69) is 40.6 Å². The number of hydrogen-bond acceptors (Lipinski definition) is 5. The van der Waals surface area contributed by atoms with Gasteiger partial charge in [-0.2, -0.15) is 0 Å². The Labute approximate surface area is 127 Å². The number of aryl methyl sites for hydroxylation is 1. The van der Waals surface area contributed by atoms with Crippen LogP contribution in [-0.2, 0) is 6.42 Å². The van der Waals surface area contributed by atoms with E-state index in [1.54, 1.807) is 11.3 Å². The zero-order valence-corrected chi connectivity index (χ0v) is 12.7. The summed E-state index contributed by atoms with van der Waals surface area (Å²) in [5.41, 5.74) is 2.14. The Morgan fingerprint density at radius 1 is 1.29 bits per heavy atom. The largest absolute Gasteiger partial charge is 0.453 e. The van der Waals surface area contributed by atoms with Gasteiger partial charge in [0.1, 0.15) is 10.6 Å². The third kappa shape index (κ3) is 2.84. The molecule has 0 radical (unpaired) electrons. The molecule has 4 rings (SSSR count). The molecule has 2 heterocycles. The van der Waals surface area contributed by atoms with Crippen LogP contribution in [0.2, 0.25) is 0 Å². The van der Waals surface area contributed by atoms with Crippen molar-refractivity contribution in [1.82, 2.24) is 15.5 Å². The van der Waals surface area contributed by atoms with Crippen LogP contribution in [0.1, 0.15) is 23.4 Å². The predicted octanol–water partition coefficient (Wildman–Crippen LogP) is 3.55. The lowest BCUT2D eigenvalue weighted by molar-refractivity contribution is 0.629. The average molecular weight is 299 g/mol. The Hall–Kier alpha value is -1.72. The van der Waals surface area contributed by atoms with Crippen LogP contribution in [0.3, 0.4) is 0 Å². The van der Waals surface area contributed by atoms with Crippen molar-refractivity contribution in [2.75, 3.05) is 6.54 Å². The number of furan rings is 1. The fourth-order valence-corrected chi connectivity index (χ4v) is 3.18. The fourth-order valence-electron chi connectivity index (χ4n) is 2.39. The summed E-state index contributed by atoms with van der Waals surface area (Å²) in [6.45, 7) is 3.07. The quantitative estimate of drug-likeness (QED) is 0.782. The predicted molar refractivity (Wildman–Crippen MR) is 84.6 cm³/mol. The lowest BCUT2D eigenvalue weighted by Crippen LogP contribution is -2.19. The first-order valence-corrected chi connectivity index (χ1v) is 8.16. The van der Waals surface area contributed by atoms with Gasteiger partial charge in [0.25, 0.3) is 0 Å². The molecule has 0 amide bonds. The van der Waals surface area contributed by atoms with Crippen molar-refractivity contribution in [3.05, 3.63) is 34.8 Å². The summed E-state index contributed by atoms with van der Waals surface area (Å²) in [7, 11) is 0. The molecule has 0 saturated heterocycles. The fraction of sp³-hybridized carbons (Fsp3) is 0.375. The molecule has 3 aromatic rings. The number of benzene rings is 1. The third-order valence-electron chi connectivity index (χ3n) is 3.70. The molecule has 5 heteroatoms. The van der Waals surface area contributed by atoms with Crippen LogP contribution in [0.5, 0.6) is 0 Å². The van der Waals surface area contributed by atoms with Gasteiger partial charge in [0.15, 0.2) is 10.8 Å². The highest BCUT2D eigenvalue weighted by atomic mass is 32.1. The minimum absolute atomic E-state index is 0.746. The van der Waals surface area contributed by atoms with Crippen LogP contribution in [-0.4, -0.2) is 22.8 Å².